The van der Waals surface area contributed by atoms with Gasteiger partial charge in [-0.1, -0.05) is 12.8 Å². The van der Waals surface area contributed by atoms with Crippen LogP contribution in [0, 0.1) is 0 Å². The van der Waals surface area contributed by atoms with Gasteiger partial charge < -0.3 is 5.32 Å². The Hall–Kier alpha value is -0.120. The fourth-order valence-electron chi connectivity index (χ4n) is 1.70. The molecule has 0 aliphatic heterocycles. The molecule has 0 saturated heterocycles. The first kappa shape index (κ1) is 11.0. The minimum absolute atomic E-state index is 0. The van der Waals surface area contributed by atoms with E-state index in [1.54, 1.807) is 11.3 Å². The maximum absolute atomic E-state index is 4.05. The molecule has 0 bridgehead atoms. The zero-order valence-corrected chi connectivity index (χ0v) is 9.16. The standard InChI is InChI=1S/C9H14N2S.ClH/c1-2-4-8(3-1)11-6-9-5-10-7-12-9;/h5,7-8,11H,1-4,6H2;1H. The first-order valence-corrected chi connectivity index (χ1v) is 5.44. The van der Waals surface area contributed by atoms with Crippen molar-refractivity contribution in [3.8, 4) is 0 Å². The molecule has 1 aromatic heterocycles. The molecule has 0 spiro atoms. The lowest BCUT2D eigenvalue weighted by Crippen LogP contribution is -2.24. The predicted molar refractivity (Wildman–Crippen MR) is 58.5 cm³/mol. The minimum atomic E-state index is 0. The van der Waals surface area contributed by atoms with Gasteiger partial charge in [-0.2, -0.15) is 0 Å². The van der Waals surface area contributed by atoms with Crippen LogP contribution in [0.5, 0.6) is 0 Å². The Kier molecular flexibility index (Phi) is 4.70. The molecule has 0 atom stereocenters. The van der Waals surface area contributed by atoms with E-state index in [9.17, 15) is 0 Å². The van der Waals surface area contributed by atoms with Crippen molar-refractivity contribution in [3.05, 3.63) is 16.6 Å². The lowest BCUT2D eigenvalue weighted by Gasteiger charge is -2.09. The van der Waals surface area contributed by atoms with Crippen LogP contribution in [0.1, 0.15) is 30.6 Å². The maximum atomic E-state index is 4.05. The van der Waals surface area contributed by atoms with Crippen LogP contribution in [-0.4, -0.2) is 11.0 Å². The lowest BCUT2D eigenvalue weighted by molar-refractivity contribution is 0.527. The monoisotopic (exact) mass is 218 g/mol. The molecule has 1 N–H and O–H groups in total. The van der Waals surface area contributed by atoms with Crippen molar-refractivity contribution in [1.82, 2.24) is 10.3 Å². The van der Waals surface area contributed by atoms with Crippen LogP contribution in [0.15, 0.2) is 11.7 Å². The van der Waals surface area contributed by atoms with Crippen LogP contribution in [0.3, 0.4) is 0 Å². The summed E-state index contributed by atoms with van der Waals surface area (Å²) in [4.78, 5) is 5.39. The van der Waals surface area contributed by atoms with Crippen molar-refractivity contribution < 1.29 is 0 Å². The molecular weight excluding hydrogens is 204 g/mol. The van der Waals surface area contributed by atoms with Crippen LogP contribution >= 0.6 is 23.7 Å². The summed E-state index contributed by atoms with van der Waals surface area (Å²) in [7, 11) is 0. The fraction of sp³-hybridized carbons (Fsp3) is 0.667. The van der Waals surface area contributed by atoms with Gasteiger partial charge >= 0.3 is 0 Å². The summed E-state index contributed by atoms with van der Waals surface area (Å²) >= 11 is 1.73. The molecule has 1 fully saturated rings. The molecule has 4 heteroatoms. The van der Waals surface area contributed by atoms with Crippen LogP contribution in [-0.2, 0) is 6.54 Å². The van der Waals surface area contributed by atoms with Crippen molar-refractivity contribution in [2.24, 2.45) is 0 Å². The van der Waals surface area contributed by atoms with Gasteiger partial charge in [-0.25, -0.2) is 0 Å². The molecule has 0 radical (unpaired) electrons. The molecule has 74 valence electrons. The summed E-state index contributed by atoms with van der Waals surface area (Å²) in [6.45, 7) is 1.01. The predicted octanol–water partition coefficient (Wildman–Crippen LogP) is 2.60. The van der Waals surface area contributed by atoms with E-state index in [2.05, 4.69) is 10.3 Å². The third kappa shape index (κ3) is 3.25. The fourth-order valence-corrected chi connectivity index (χ4v) is 2.25. The quantitative estimate of drug-likeness (QED) is 0.844. The number of halogens is 1. The summed E-state index contributed by atoms with van der Waals surface area (Å²) in [6.07, 6.45) is 7.48. The van der Waals surface area contributed by atoms with Crippen LogP contribution < -0.4 is 5.32 Å². The molecule has 1 aliphatic carbocycles. The van der Waals surface area contributed by atoms with Gasteiger partial charge in [-0.05, 0) is 12.8 Å². The van der Waals surface area contributed by atoms with Crippen molar-refractivity contribution >= 4 is 23.7 Å². The van der Waals surface area contributed by atoms with E-state index in [0.717, 1.165) is 12.6 Å². The number of hydrogen-bond acceptors (Lipinski definition) is 3. The summed E-state index contributed by atoms with van der Waals surface area (Å²) in [5, 5.41) is 3.55. The normalized spacial score (nSPS) is 17.2. The maximum Gasteiger partial charge on any atom is 0.0794 e. The smallest absolute Gasteiger partial charge is 0.0794 e. The van der Waals surface area contributed by atoms with Crippen LogP contribution in [0.25, 0.3) is 0 Å². The second-order valence-corrected chi connectivity index (χ2v) is 4.30. The lowest BCUT2D eigenvalue weighted by atomic mass is 10.2. The van der Waals surface area contributed by atoms with Crippen molar-refractivity contribution in [1.29, 1.82) is 0 Å². The van der Waals surface area contributed by atoms with E-state index in [1.165, 1.54) is 30.6 Å². The summed E-state index contributed by atoms with van der Waals surface area (Å²) in [5.41, 5.74) is 1.89. The molecule has 1 aromatic rings. The number of aromatic nitrogens is 1. The third-order valence-corrected chi connectivity index (χ3v) is 3.18. The van der Waals surface area contributed by atoms with Crippen LogP contribution in [0.2, 0.25) is 0 Å². The van der Waals surface area contributed by atoms with Gasteiger partial charge in [0.1, 0.15) is 0 Å². The molecule has 2 rings (SSSR count). The number of thiazole rings is 1. The molecule has 0 unspecified atom stereocenters. The van der Waals surface area contributed by atoms with Crippen molar-refractivity contribution in [2.45, 2.75) is 38.3 Å². The van der Waals surface area contributed by atoms with E-state index >= 15 is 0 Å². The van der Waals surface area contributed by atoms with E-state index in [0.29, 0.717) is 0 Å². The number of rotatable bonds is 3. The van der Waals surface area contributed by atoms with Gasteiger partial charge in [0.2, 0.25) is 0 Å². The Labute approximate surface area is 89.2 Å². The minimum Gasteiger partial charge on any atom is -0.309 e. The second-order valence-electron chi connectivity index (χ2n) is 3.33. The van der Waals surface area contributed by atoms with E-state index < -0.39 is 0 Å². The summed E-state index contributed by atoms with van der Waals surface area (Å²) < 4.78 is 0. The summed E-state index contributed by atoms with van der Waals surface area (Å²) in [5.74, 6) is 0. The van der Waals surface area contributed by atoms with E-state index in [1.807, 2.05) is 11.7 Å². The van der Waals surface area contributed by atoms with Crippen molar-refractivity contribution in [2.75, 3.05) is 0 Å². The van der Waals surface area contributed by atoms with Gasteiger partial charge in [-0.15, -0.1) is 23.7 Å². The Bertz CT molecular complexity index is 220. The van der Waals surface area contributed by atoms with E-state index in [4.69, 9.17) is 0 Å². The topological polar surface area (TPSA) is 24.9 Å². The highest BCUT2D eigenvalue weighted by Gasteiger charge is 2.13. The molecule has 1 heterocycles. The van der Waals surface area contributed by atoms with Gasteiger partial charge in [0.15, 0.2) is 0 Å². The highest BCUT2D eigenvalue weighted by molar-refractivity contribution is 7.09. The largest absolute Gasteiger partial charge is 0.309 e. The number of nitrogens with zero attached hydrogens (tertiary/aromatic N) is 1. The highest BCUT2D eigenvalue weighted by Crippen LogP contribution is 2.18. The van der Waals surface area contributed by atoms with Gasteiger partial charge in [0.25, 0.3) is 0 Å². The van der Waals surface area contributed by atoms with Gasteiger partial charge in [0.05, 0.1) is 5.51 Å². The molecule has 0 amide bonds. The molecule has 13 heavy (non-hydrogen) atoms. The first-order chi connectivity index (χ1) is 5.95. The van der Waals surface area contributed by atoms with Gasteiger partial charge in [0, 0.05) is 23.7 Å². The third-order valence-electron chi connectivity index (χ3n) is 2.40. The average Bonchev–Trinajstić information content (AvgIpc) is 2.74. The zero-order valence-electron chi connectivity index (χ0n) is 7.53. The van der Waals surface area contributed by atoms with Crippen molar-refractivity contribution in [3.63, 3.8) is 0 Å². The molecular formula is C9H15ClN2S. The Balaban J connectivity index is 0.000000845. The molecule has 2 nitrogen and oxygen atoms in total. The number of hydrogen-bond donors (Lipinski definition) is 1. The SMILES string of the molecule is Cl.c1ncc(CNC2CCCC2)s1. The molecule has 0 aromatic carbocycles. The average molecular weight is 219 g/mol. The van der Waals surface area contributed by atoms with Crippen LogP contribution in [0.4, 0.5) is 0 Å². The second kappa shape index (κ2) is 5.58. The van der Waals surface area contributed by atoms with Gasteiger partial charge in [-0.3, -0.25) is 4.98 Å². The molecule has 1 aliphatic rings. The first-order valence-electron chi connectivity index (χ1n) is 4.56. The number of nitrogens with one attached hydrogen (secondary N) is 1. The zero-order chi connectivity index (χ0) is 8.23. The summed E-state index contributed by atoms with van der Waals surface area (Å²) in [6, 6.07) is 0.770. The molecule has 1 saturated carbocycles. The highest BCUT2D eigenvalue weighted by atomic mass is 35.5. The Morgan fingerprint density at radius 1 is 1.46 bits per heavy atom. The Morgan fingerprint density at radius 2 is 2.23 bits per heavy atom. The Morgan fingerprint density at radius 3 is 2.85 bits per heavy atom. The van der Waals surface area contributed by atoms with E-state index in [-0.39, 0.29) is 12.4 Å².